The molecule has 0 heterocycles. The van der Waals surface area contributed by atoms with E-state index in [1.54, 1.807) is 0 Å². The van der Waals surface area contributed by atoms with Crippen LogP contribution in [0.1, 0.15) is 44.4 Å². The summed E-state index contributed by atoms with van der Waals surface area (Å²) >= 11 is 0. The third kappa shape index (κ3) is 3.86. The van der Waals surface area contributed by atoms with Crippen LogP contribution in [-0.4, -0.2) is 0 Å². The van der Waals surface area contributed by atoms with E-state index in [-0.39, 0.29) is 11.5 Å². The van der Waals surface area contributed by atoms with E-state index in [2.05, 4.69) is 62.5 Å². The monoisotopic (exact) mass is 278 g/mol. The van der Waals surface area contributed by atoms with Crippen LogP contribution >= 0.6 is 0 Å². The Kier molecular flexibility index (Phi) is 4.65. The van der Waals surface area contributed by atoms with E-state index in [9.17, 15) is 0 Å². The van der Waals surface area contributed by atoms with E-state index >= 15 is 0 Å². The predicted octanol–water partition coefficient (Wildman–Crippen LogP) is 5.05. The SMILES string of the molecule is CC(C)(C)c1ccccc1NC(CC#N)c1ccccc1. The average Bonchev–Trinajstić information content (AvgIpc) is 2.47. The van der Waals surface area contributed by atoms with Crippen molar-refractivity contribution in [2.75, 3.05) is 5.32 Å². The van der Waals surface area contributed by atoms with Crippen LogP contribution in [-0.2, 0) is 5.41 Å². The van der Waals surface area contributed by atoms with Crippen LogP contribution in [0.4, 0.5) is 5.69 Å². The number of hydrogen-bond donors (Lipinski definition) is 1. The molecule has 0 aliphatic carbocycles. The molecule has 2 rings (SSSR count). The highest BCUT2D eigenvalue weighted by Crippen LogP contribution is 2.32. The second kappa shape index (κ2) is 6.45. The lowest BCUT2D eigenvalue weighted by molar-refractivity contribution is 0.590. The van der Waals surface area contributed by atoms with E-state index in [0.29, 0.717) is 6.42 Å². The minimum atomic E-state index is 0.0136. The van der Waals surface area contributed by atoms with Gasteiger partial charge in [-0.3, -0.25) is 0 Å². The van der Waals surface area contributed by atoms with Crippen molar-refractivity contribution in [3.8, 4) is 6.07 Å². The van der Waals surface area contributed by atoms with Gasteiger partial charge in [0.05, 0.1) is 18.5 Å². The molecule has 0 aromatic heterocycles. The van der Waals surface area contributed by atoms with Crippen LogP contribution < -0.4 is 5.32 Å². The van der Waals surface area contributed by atoms with Gasteiger partial charge in [-0.1, -0.05) is 69.3 Å². The zero-order valence-corrected chi connectivity index (χ0v) is 12.9. The lowest BCUT2D eigenvalue weighted by Gasteiger charge is -2.26. The Morgan fingerprint density at radius 3 is 2.24 bits per heavy atom. The summed E-state index contributed by atoms with van der Waals surface area (Å²) in [4.78, 5) is 0. The molecular weight excluding hydrogens is 256 g/mol. The summed E-state index contributed by atoms with van der Waals surface area (Å²) in [5.41, 5.74) is 3.58. The zero-order valence-electron chi connectivity index (χ0n) is 12.9. The molecule has 0 saturated carbocycles. The van der Waals surface area contributed by atoms with Gasteiger partial charge < -0.3 is 5.32 Å². The van der Waals surface area contributed by atoms with Crippen LogP contribution in [0.5, 0.6) is 0 Å². The molecule has 1 atom stereocenters. The van der Waals surface area contributed by atoms with E-state index < -0.39 is 0 Å². The van der Waals surface area contributed by atoms with E-state index in [0.717, 1.165) is 11.3 Å². The van der Waals surface area contributed by atoms with Gasteiger partial charge in [0.2, 0.25) is 0 Å². The molecule has 2 heteroatoms. The number of nitrogens with one attached hydrogen (secondary N) is 1. The lowest BCUT2D eigenvalue weighted by atomic mass is 9.85. The fourth-order valence-corrected chi connectivity index (χ4v) is 2.48. The molecule has 1 unspecified atom stereocenters. The largest absolute Gasteiger partial charge is 0.377 e. The number of hydrogen-bond acceptors (Lipinski definition) is 2. The molecule has 2 aromatic rings. The Labute approximate surface area is 127 Å². The number of para-hydroxylation sites is 1. The smallest absolute Gasteiger partial charge is 0.0647 e. The molecule has 108 valence electrons. The summed E-state index contributed by atoms with van der Waals surface area (Å²) in [7, 11) is 0. The molecule has 0 aliphatic rings. The maximum absolute atomic E-state index is 9.12. The van der Waals surface area contributed by atoms with Gasteiger partial charge in [0.1, 0.15) is 0 Å². The molecule has 0 radical (unpaired) electrons. The summed E-state index contributed by atoms with van der Waals surface area (Å²) in [6.45, 7) is 6.61. The van der Waals surface area contributed by atoms with Gasteiger partial charge in [-0.2, -0.15) is 5.26 Å². The first-order valence-electron chi connectivity index (χ1n) is 7.30. The topological polar surface area (TPSA) is 35.8 Å². The fraction of sp³-hybridized carbons (Fsp3) is 0.316. The average molecular weight is 278 g/mol. The van der Waals surface area contributed by atoms with Crippen molar-refractivity contribution in [3.63, 3.8) is 0 Å². The van der Waals surface area contributed by atoms with Crippen LogP contribution in [0, 0.1) is 11.3 Å². The van der Waals surface area contributed by atoms with Crippen molar-refractivity contribution >= 4 is 5.69 Å². The highest BCUT2D eigenvalue weighted by atomic mass is 14.9. The summed E-state index contributed by atoms with van der Waals surface area (Å²) in [6.07, 6.45) is 0.447. The van der Waals surface area contributed by atoms with Crippen molar-refractivity contribution in [2.24, 2.45) is 0 Å². The minimum Gasteiger partial charge on any atom is -0.377 e. The zero-order chi connectivity index (χ0) is 15.3. The van der Waals surface area contributed by atoms with Gasteiger partial charge in [-0.15, -0.1) is 0 Å². The van der Waals surface area contributed by atoms with Gasteiger partial charge in [0, 0.05) is 5.69 Å². The molecular formula is C19H22N2. The lowest BCUT2D eigenvalue weighted by Crippen LogP contribution is -2.17. The van der Waals surface area contributed by atoms with Crippen LogP contribution in [0.2, 0.25) is 0 Å². The van der Waals surface area contributed by atoms with Crippen molar-refractivity contribution < 1.29 is 0 Å². The van der Waals surface area contributed by atoms with E-state index in [1.165, 1.54) is 5.56 Å². The van der Waals surface area contributed by atoms with Crippen LogP contribution in [0.25, 0.3) is 0 Å². The Morgan fingerprint density at radius 2 is 1.62 bits per heavy atom. The molecule has 1 N–H and O–H groups in total. The summed E-state index contributed by atoms with van der Waals surface area (Å²) in [6, 6.07) is 20.8. The van der Waals surface area contributed by atoms with Crippen LogP contribution in [0.3, 0.4) is 0 Å². The Morgan fingerprint density at radius 1 is 1.00 bits per heavy atom. The first kappa shape index (κ1) is 15.1. The maximum atomic E-state index is 9.12. The van der Waals surface area contributed by atoms with Crippen molar-refractivity contribution in [1.82, 2.24) is 0 Å². The third-order valence-electron chi connectivity index (χ3n) is 3.56. The molecule has 2 aromatic carbocycles. The number of benzene rings is 2. The fourth-order valence-electron chi connectivity index (χ4n) is 2.48. The molecule has 0 fully saturated rings. The molecule has 0 amide bonds. The first-order chi connectivity index (χ1) is 10.0. The van der Waals surface area contributed by atoms with E-state index in [4.69, 9.17) is 5.26 Å². The van der Waals surface area contributed by atoms with Gasteiger partial charge in [0.25, 0.3) is 0 Å². The molecule has 0 bridgehead atoms. The maximum Gasteiger partial charge on any atom is 0.0647 e. The Hall–Kier alpha value is -2.27. The number of nitrogens with zero attached hydrogens (tertiary/aromatic N) is 1. The van der Waals surface area contributed by atoms with Crippen molar-refractivity contribution in [1.29, 1.82) is 5.26 Å². The molecule has 21 heavy (non-hydrogen) atoms. The highest BCUT2D eigenvalue weighted by molar-refractivity contribution is 5.55. The second-order valence-corrected chi connectivity index (χ2v) is 6.27. The number of nitriles is 1. The van der Waals surface area contributed by atoms with Gasteiger partial charge in [-0.25, -0.2) is 0 Å². The van der Waals surface area contributed by atoms with Crippen molar-refractivity contribution in [2.45, 2.75) is 38.6 Å². The molecule has 2 nitrogen and oxygen atoms in total. The highest BCUT2D eigenvalue weighted by Gasteiger charge is 2.19. The Bertz CT molecular complexity index is 618. The number of rotatable bonds is 4. The summed E-state index contributed by atoms with van der Waals surface area (Å²) < 4.78 is 0. The Balaban J connectivity index is 2.33. The quantitative estimate of drug-likeness (QED) is 0.849. The van der Waals surface area contributed by atoms with Gasteiger partial charge in [-0.05, 0) is 22.6 Å². The van der Waals surface area contributed by atoms with Crippen molar-refractivity contribution in [3.05, 3.63) is 65.7 Å². The number of anilines is 1. The summed E-state index contributed by atoms with van der Waals surface area (Å²) in [5, 5.41) is 12.7. The second-order valence-electron chi connectivity index (χ2n) is 6.27. The molecule has 0 saturated heterocycles. The standard InChI is InChI=1S/C19H22N2/c1-19(2,3)16-11-7-8-12-18(16)21-17(13-14-20)15-9-5-4-6-10-15/h4-12,17,21H,13H2,1-3H3. The van der Waals surface area contributed by atoms with E-state index in [1.807, 2.05) is 24.3 Å². The molecule has 0 spiro atoms. The first-order valence-corrected chi connectivity index (χ1v) is 7.30. The summed E-state index contributed by atoms with van der Waals surface area (Å²) in [5.74, 6) is 0. The van der Waals surface area contributed by atoms with Gasteiger partial charge in [0.15, 0.2) is 0 Å². The normalized spacial score (nSPS) is 12.5. The third-order valence-corrected chi connectivity index (χ3v) is 3.56. The minimum absolute atomic E-state index is 0.0136. The molecule has 0 aliphatic heterocycles. The van der Waals surface area contributed by atoms with Gasteiger partial charge >= 0.3 is 0 Å². The predicted molar refractivity (Wildman–Crippen MR) is 88.2 cm³/mol. The van der Waals surface area contributed by atoms with Crippen LogP contribution in [0.15, 0.2) is 54.6 Å².